The molecule has 0 radical (unpaired) electrons. The highest BCUT2D eigenvalue weighted by Gasteiger charge is 2.07. The molecule has 0 saturated heterocycles. The second-order valence-electron chi connectivity index (χ2n) is 2.83. The number of aliphatic hydroxyl groups excluding tert-OH is 1. The van der Waals surface area contributed by atoms with Crippen molar-refractivity contribution in [1.29, 1.82) is 0 Å². The normalized spacial score (nSPS) is 10.3. The van der Waals surface area contributed by atoms with Gasteiger partial charge in [0.25, 0.3) is 0 Å². The molecule has 0 aliphatic rings. The fourth-order valence-electron chi connectivity index (χ4n) is 1.20. The van der Waals surface area contributed by atoms with Crippen molar-refractivity contribution in [3.8, 4) is 11.4 Å². The molecule has 0 saturated carbocycles. The number of methoxy groups -OCH3 is 1. The zero-order chi connectivity index (χ0) is 10.7. The molecule has 0 aliphatic carbocycles. The molecule has 1 aromatic carbocycles. The molecule has 1 aromatic heterocycles. The molecule has 0 aliphatic heterocycles. The fraction of sp³-hybridized carbons (Fsp3) is 0.222. The van der Waals surface area contributed by atoms with E-state index < -0.39 is 0 Å². The van der Waals surface area contributed by atoms with E-state index in [1.54, 1.807) is 13.2 Å². The van der Waals surface area contributed by atoms with Crippen molar-refractivity contribution in [2.24, 2.45) is 0 Å². The zero-order valence-electron chi connectivity index (χ0n) is 8.16. The van der Waals surface area contributed by atoms with Crippen LogP contribution in [-0.4, -0.2) is 32.4 Å². The van der Waals surface area contributed by atoms with Gasteiger partial charge in [-0.25, -0.2) is 0 Å². The van der Waals surface area contributed by atoms with Crippen LogP contribution in [0.4, 0.5) is 0 Å². The standard InChI is InChI=1S/C9H10N4O2/c1-15-8-5-3-2-4-7(8)13-11-9(6-14)10-12-13/h2-5,14H,6H2,1H3. The molecule has 0 unspecified atom stereocenters. The number of hydrogen-bond acceptors (Lipinski definition) is 5. The van der Waals surface area contributed by atoms with Gasteiger partial charge in [-0.2, -0.15) is 0 Å². The van der Waals surface area contributed by atoms with Crippen LogP contribution in [0.2, 0.25) is 0 Å². The molecule has 0 atom stereocenters. The summed E-state index contributed by atoms with van der Waals surface area (Å²) in [4.78, 5) is 1.32. The number of nitrogens with zero attached hydrogens (tertiary/aromatic N) is 4. The molecule has 0 amide bonds. The van der Waals surface area contributed by atoms with Gasteiger partial charge in [0.05, 0.1) is 7.11 Å². The molecule has 6 heteroatoms. The molecule has 0 bridgehead atoms. The van der Waals surface area contributed by atoms with Gasteiger partial charge in [0, 0.05) is 0 Å². The lowest BCUT2D eigenvalue weighted by Gasteiger charge is -2.04. The Kier molecular flexibility index (Phi) is 2.59. The minimum atomic E-state index is -0.227. The molecule has 2 aromatic rings. The zero-order valence-corrected chi connectivity index (χ0v) is 8.16. The van der Waals surface area contributed by atoms with Gasteiger partial charge in [0.15, 0.2) is 0 Å². The second-order valence-corrected chi connectivity index (χ2v) is 2.83. The van der Waals surface area contributed by atoms with Gasteiger partial charge in [-0.1, -0.05) is 12.1 Å². The Hall–Kier alpha value is -1.95. The van der Waals surface area contributed by atoms with Crippen LogP contribution in [0.1, 0.15) is 5.82 Å². The minimum absolute atomic E-state index is 0.227. The van der Waals surface area contributed by atoms with Gasteiger partial charge in [-0.3, -0.25) is 0 Å². The van der Waals surface area contributed by atoms with E-state index in [-0.39, 0.29) is 12.4 Å². The number of rotatable bonds is 3. The highest BCUT2D eigenvalue weighted by Crippen LogP contribution is 2.19. The number of para-hydroxylation sites is 2. The lowest BCUT2D eigenvalue weighted by atomic mass is 10.3. The van der Waals surface area contributed by atoms with Crippen molar-refractivity contribution in [1.82, 2.24) is 20.2 Å². The maximum atomic E-state index is 8.81. The molecule has 1 N–H and O–H groups in total. The largest absolute Gasteiger partial charge is 0.494 e. The van der Waals surface area contributed by atoms with Crippen LogP contribution in [0, 0.1) is 0 Å². The third-order valence-electron chi connectivity index (χ3n) is 1.90. The average molecular weight is 206 g/mol. The third-order valence-corrected chi connectivity index (χ3v) is 1.90. The predicted molar refractivity (Wildman–Crippen MR) is 51.6 cm³/mol. The maximum absolute atomic E-state index is 8.81. The number of tetrazole rings is 1. The minimum Gasteiger partial charge on any atom is -0.494 e. The Bertz CT molecular complexity index is 455. The Morgan fingerprint density at radius 2 is 2.20 bits per heavy atom. The van der Waals surface area contributed by atoms with Crippen LogP contribution < -0.4 is 4.74 Å². The van der Waals surface area contributed by atoms with Crippen LogP contribution in [0.15, 0.2) is 24.3 Å². The topological polar surface area (TPSA) is 73.1 Å². The summed E-state index contributed by atoms with van der Waals surface area (Å²) >= 11 is 0. The van der Waals surface area contributed by atoms with Crippen molar-refractivity contribution in [2.45, 2.75) is 6.61 Å². The number of benzene rings is 1. The first-order valence-electron chi connectivity index (χ1n) is 4.38. The van der Waals surface area contributed by atoms with E-state index in [1.807, 2.05) is 18.2 Å². The average Bonchev–Trinajstić information content (AvgIpc) is 2.77. The highest BCUT2D eigenvalue weighted by molar-refractivity contribution is 5.44. The monoisotopic (exact) mass is 206 g/mol. The van der Waals surface area contributed by atoms with E-state index in [0.29, 0.717) is 11.4 Å². The van der Waals surface area contributed by atoms with Gasteiger partial charge in [-0.05, 0) is 17.3 Å². The van der Waals surface area contributed by atoms with Crippen molar-refractivity contribution in [3.63, 3.8) is 0 Å². The summed E-state index contributed by atoms with van der Waals surface area (Å²) in [5.74, 6) is 0.931. The summed E-state index contributed by atoms with van der Waals surface area (Å²) in [6.45, 7) is -0.227. The Balaban J connectivity index is 2.44. The van der Waals surface area contributed by atoms with Crippen LogP contribution in [0.25, 0.3) is 5.69 Å². The van der Waals surface area contributed by atoms with Crippen molar-refractivity contribution >= 4 is 0 Å². The van der Waals surface area contributed by atoms with E-state index in [4.69, 9.17) is 9.84 Å². The first-order valence-corrected chi connectivity index (χ1v) is 4.38. The smallest absolute Gasteiger partial charge is 0.200 e. The number of hydrogen-bond donors (Lipinski definition) is 1. The highest BCUT2D eigenvalue weighted by atomic mass is 16.5. The van der Waals surface area contributed by atoms with Crippen LogP contribution in [0.5, 0.6) is 5.75 Å². The molecule has 0 spiro atoms. The second kappa shape index (κ2) is 4.05. The van der Waals surface area contributed by atoms with Crippen molar-refractivity contribution in [3.05, 3.63) is 30.1 Å². The summed E-state index contributed by atoms with van der Waals surface area (Å²) in [6, 6.07) is 7.31. The summed E-state index contributed by atoms with van der Waals surface area (Å²) < 4.78 is 5.15. The van der Waals surface area contributed by atoms with Gasteiger partial charge in [0.1, 0.15) is 18.0 Å². The van der Waals surface area contributed by atoms with Gasteiger partial charge in [-0.15, -0.1) is 15.0 Å². The first kappa shape index (κ1) is 9.60. The predicted octanol–water partition coefficient (Wildman–Crippen LogP) is 0.163. The van der Waals surface area contributed by atoms with Gasteiger partial charge in [0.2, 0.25) is 5.82 Å². The number of aromatic nitrogens is 4. The lowest BCUT2D eigenvalue weighted by Crippen LogP contribution is -2.02. The number of aliphatic hydroxyl groups is 1. The Labute approximate surface area is 86.1 Å². The molecule has 1 heterocycles. The van der Waals surface area contributed by atoms with Gasteiger partial charge < -0.3 is 9.84 Å². The van der Waals surface area contributed by atoms with Crippen molar-refractivity contribution in [2.75, 3.05) is 7.11 Å². The summed E-state index contributed by atoms with van der Waals surface area (Å²) in [5, 5.41) is 20.3. The molecule has 15 heavy (non-hydrogen) atoms. The summed E-state index contributed by atoms with van der Waals surface area (Å²) in [7, 11) is 1.57. The molecule has 6 nitrogen and oxygen atoms in total. The number of ether oxygens (including phenoxy) is 1. The quantitative estimate of drug-likeness (QED) is 0.774. The summed E-state index contributed by atoms with van der Waals surface area (Å²) in [6.07, 6.45) is 0. The molecule has 78 valence electrons. The van der Waals surface area contributed by atoms with E-state index >= 15 is 0 Å². The van der Waals surface area contributed by atoms with E-state index in [0.717, 1.165) is 0 Å². The Morgan fingerprint density at radius 3 is 2.87 bits per heavy atom. The van der Waals surface area contributed by atoms with E-state index in [9.17, 15) is 0 Å². The molecule has 0 fully saturated rings. The van der Waals surface area contributed by atoms with Crippen LogP contribution >= 0.6 is 0 Å². The SMILES string of the molecule is COc1ccccc1-n1nnc(CO)n1. The molecule has 2 rings (SSSR count). The maximum Gasteiger partial charge on any atom is 0.200 e. The first-order chi connectivity index (χ1) is 7.35. The third kappa shape index (κ3) is 1.79. The molecular weight excluding hydrogens is 196 g/mol. The Morgan fingerprint density at radius 1 is 1.40 bits per heavy atom. The van der Waals surface area contributed by atoms with Crippen LogP contribution in [-0.2, 0) is 6.61 Å². The lowest BCUT2D eigenvalue weighted by molar-refractivity contribution is 0.271. The van der Waals surface area contributed by atoms with Gasteiger partial charge >= 0.3 is 0 Å². The molecular formula is C9H10N4O2. The van der Waals surface area contributed by atoms with E-state index in [2.05, 4.69) is 15.4 Å². The van der Waals surface area contributed by atoms with E-state index in [1.165, 1.54) is 4.80 Å². The van der Waals surface area contributed by atoms with Crippen molar-refractivity contribution < 1.29 is 9.84 Å². The fourth-order valence-corrected chi connectivity index (χ4v) is 1.20. The summed E-state index contributed by atoms with van der Waals surface area (Å²) in [5.41, 5.74) is 0.687. The van der Waals surface area contributed by atoms with Crippen LogP contribution in [0.3, 0.4) is 0 Å².